The Bertz CT molecular complexity index is 780. The van der Waals surface area contributed by atoms with Crippen LogP contribution in [0.2, 0.25) is 0 Å². The van der Waals surface area contributed by atoms with E-state index in [0.717, 1.165) is 11.3 Å². The third-order valence-corrected chi connectivity index (χ3v) is 3.94. The summed E-state index contributed by atoms with van der Waals surface area (Å²) in [5.74, 6) is -0.394. The Morgan fingerprint density at radius 3 is 2.33 bits per heavy atom. The summed E-state index contributed by atoms with van der Waals surface area (Å²) in [6, 6.07) is 0.244. The summed E-state index contributed by atoms with van der Waals surface area (Å²) in [5.41, 5.74) is 3.74. The van der Waals surface area contributed by atoms with Crippen molar-refractivity contribution in [2.24, 2.45) is 5.10 Å². The minimum Gasteiger partial charge on any atom is -0.463 e. The van der Waals surface area contributed by atoms with Crippen LogP contribution in [0.25, 0.3) is 0 Å². The molecule has 0 aliphatic rings. The molecule has 0 bridgehead atoms. The molecular formula is C21H33N5O6S. The number of rotatable bonds is 13. The van der Waals surface area contributed by atoms with Crippen molar-refractivity contribution in [3.05, 3.63) is 18.0 Å². The van der Waals surface area contributed by atoms with E-state index in [1.165, 1.54) is 14.2 Å². The van der Waals surface area contributed by atoms with Crippen LogP contribution in [-0.2, 0) is 24.0 Å². The predicted molar refractivity (Wildman–Crippen MR) is 126 cm³/mol. The fourth-order valence-electron chi connectivity index (χ4n) is 1.99. The van der Waals surface area contributed by atoms with Crippen LogP contribution < -0.4 is 10.2 Å². The first-order valence-corrected chi connectivity index (χ1v) is 10.7. The predicted octanol–water partition coefficient (Wildman–Crippen LogP) is 1.76. The fraction of sp³-hybridized carbons (Fsp3) is 0.571. The maximum atomic E-state index is 11.7. The van der Waals surface area contributed by atoms with Crippen molar-refractivity contribution in [2.75, 3.05) is 20.8 Å². The van der Waals surface area contributed by atoms with E-state index < -0.39 is 0 Å². The number of carbonyl (C=O) groups is 4. The third-order valence-electron chi connectivity index (χ3n) is 3.79. The molecule has 1 rings (SSSR count). The monoisotopic (exact) mass is 483 g/mol. The molecule has 0 radical (unpaired) electrons. The lowest BCUT2D eigenvalue weighted by Gasteiger charge is -2.15. The standard InChI is InChI=1S/C15H22N4O3S.C6H11NO3/c1-11(18-19-13(21)8-15(2,3)23)12-9-16-14(17-10-12)22-7-5-4-6-20;1-7(10-2)6(9)4-3-5-8/h6,9-10,23H,4-5,7-8H2,1-3H3,(H,19,21);5H,3-4H2,1-2H3/b18-11+;. The number of hydroxylamine groups is 2. The zero-order chi connectivity index (χ0) is 25.3. The third kappa shape index (κ3) is 15.6. The van der Waals surface area contributed by atoms with E-state index in [1.807, 2.05) is 13.8 Å². The largest absolute Gasteiger partial charge is 0.463 e. The molecule has 184 valence electrons. The van der Waals surface area contributed by atoms with Crippen molar-refractivity contribution in [2.45, 2.75) is 57.6 Å². The number of aromatic nitrogens is 2. The summed E-state index contributed by atoms with van der Waals surface area (Å²) >= 11 is 4.30. The Kier molecular flexibility index (Phi) is 15.3. The van der Waals surface area contributed by atoms with E-state index in [1.54, 1.807) is 19.3 Å². The van der Waals surface area contributed by atoms with Crippen molar-refractivity contribution in [1.82, 2.24) is 20.5 Å². The van der Waals surface area contributed by atoms with Crippen LogP contribution in [0, 0.1) is 0 Å². The minimum absolute atomic E-state index is 0.186. The number of aldehydes is 2. The molecule has 0 spiro atoms. The Morgan fingerprint density at radius 1 is 1.21 bits per heavy atom. The van der Waals surface area contributed by atoms with Crippen molar-refractivity contribution in [1.29, 1.82) is 0 Å². The topological polar surface area (TPSA) is 140 Å². The summed E-state index contributed by atoms with van der Waals surface area (Å²) < 4.78 is 4.91. The van der Waals surface area contributed by atoms with Crippen LogP contribution in [0.1, 0.15) is 58.4 Å². The highest BCUT2D eigenvalue weighted by Gasteiger charge is 2.16. The zero-order valence-electron chi connectivity index (χ0n) is 19.7. The Labute approximate surface area is 199 Å². The van der Waals surface area contributed by atoms with Gasteiger partial charge in [-0.1, -0.05) is 13.8 Å². The highest BCUT2D eigenvalue weighted by Crippen LogP contribution is 2.16. The summed E-state index contributed by atoms with van der Waals surface area (Å²) in [7, 11) is 2.91. The molecule has 0 atom stereocenters. The Balaban J connectivity index is 0.000000861. The van der Waals surface area contributed by atoms with Gasteiger partial charge in [-0.2, -0.15) is 17.7 Å². The number of amides is 2. The summed E-state index contributed by atoms with van der Waals surface area (Å²) in [6.45, 7) is 5.85. The molecule has 33 heavy (non-hydrogen) atoms. The molecule has 1 N–H and O–H groups in total. The highest BCUT2D eigenvalue weighted by atomic mass is 32.1. The van der Waals surface area contributed by atoms with Gasteiger partial charge in [-0.3, -0.25) is 14.4 Å². The van der Waals surface area contributed by atoms with Gasteiger partial charge < -0.3 is 14.3 Å². The van der Waals surface area contributed by atoms with E-state index >= 15 is 0 Å². The number of nitrogens with one attached hydrogen (secondary N) is 1. The Hall–Kier alpha value is -2.86. The Morgan fingerprint density at radius 2 is 1.82 bits per heavy atom. The number of hydrazone groups is 1. The van der Waals surface area contributed by atoms with Gasteiger partial charge in [-0.25, -0.2) is 20.5 Å². The number of hydrogen-bond donors (Lipinski definition) is 2. The number of unbranched alkanes of at least 4 members (excludes halogenated alkanes) is 1. The summed E-state index contributed by atoms with van der Waals surface area (Å²) in [5, 5.41) is 5.12. The maximum absolute atomic E-state index is 11.7. The van der Waals surface area contributed by atoms with Gasteiger partial charge in [-0.15, -0.1) is 0 Å². The average molecular weight is 484 g/mol. The molecule has 11 nitrogen and oxygen atoms in total. The molecule has 1 heterocycles. The summed E-state index contributed by atoms with van der Waals surface area (Å²) in [4.78, 5) is 55.1. The number of hydrogen-bond acceptors (Lipinski definition) is 10. The SMILES string of the molecule is C/C(=N\NC(=O)CC(C)(C)S)c1cnc(OCCCC=O)nc1.CON(C)C(=O)CCC=O. The van der Waals surface area contributed by atoms with Gasteiger partial charge in [0.1, 0.15) is 12.6 Å². The van der Waals surface area contributed by atoms with Crippen LogP contribution >= 0.6 is 12.6 Å². The molecular weight excluding hydrogens is 450 g/mol. The smallest absolute Gasteiger partial charge is 0.316 e. The van der Waals surface area contributed by atoms with Crippen LogP contribution in [0.5, 0.6) is 6.01 Å². The highest BCUT2D eigenvalue weighted by molar-refractivity contribution is 7.81. The quantitative estimate of drug-likeness (QED) is 0.142. The summed E-state index contributed by atoms with van der Waals surface area (Å²) in [6.07, 6.45) is 6.50. The molecule has 2 amide bonds. The molecule has 0 aliphatic heterocycles. The van der Waals surface area contributed by atoms with E-state index in [9.17, 15) is 19.2 Å². The number of thiol groups is 1. The molecule has 0 aliphatic carbocycles. The maximum Gasteiger partial charge on any atom is 0.316 e. The van der Waals surface area contributed by atoms with E-state index in [-0.39, 0.29) is 41.8 Å². The lowest BCUT2D eigenvalue weighted by molar-refractivity contribution is -0.168. The van der Waals surface area contributed by atoms with Crippen LogP contribution in [0.4, 0.5) is 0 Å². The fourth-order valence-corrected chi connectivity index (χ4v) is 2.14. The first-order chi connectivity index (χ1) is 15.5. The van der Waals surface area contributed by atoms with Crippen LogP contribution in [-0.4, -0.2) is 70.6 Å². The van der Waals surface area contributed by atoms with Crippen molar-refractivity contribution >= 4 is 42.7 Å². The van der Waals surface area contributed by atoms with E-state index in [2.05, 4.69) is 38.0 Å². The lowest BCUT2D eigenvalue weighted by atomic mass is 10.1. The van der Waals surface area contributed by atoms with Crippen molar-refractivity contribution in [3.63, 3.8) is 0 Å². The number of nitrogens with zero attached hydrogens (tertiary/aromatic N) is 4. The second-order valence-corrected chi connectivity index (χ2v) is 8.62. The molecule has 12 heteroatoms. The molecule has 1 aromatic rings. The van der Waals surface area contributed by atoms with Gasteiger partial charge in [0.2, 0.25) is 11.8 Å². The second-order valence-electron chi connectivity index (χ2n) is 7.41. The number of ether oxygens (including phenoxy) is 1. The van der Waals surface area contributed by atoms with Gasteiger partial charge in [0.15, 0.2) is 0 Å². The molecule has 0 unspecified atom stereocenters. The van der Waals surface area contributed by atoms with Gasteiger partial charge in [0.25, 0.3) is 0 Å². The molecule has 0 fully saturated rings. The van der Waals surface area contributed by atoms with Gasteiger partial charge in [0, 0.05) is 55.4 Å². The molecule has 0 saturated heterocycles. The van der Waals surface area contributed by atoms with Gasteiger partial charge >= 0.3 is 6.01 Å². The van der Waals surface area contributed by atoms with Crippen LogP contribution in [0.15, 0.2) is 17.5 Å². The van der Waals surface area contributed by atoms with Crippen molar-refractivity contribution < 1.29 is 28.8 Å². The average Bonchev–Trinajstić information content (AvgIpc) is 2.77. The van der Waals surface area contributed by atoms with E-state index in [4.69, 9.17) is 4.74 Å². The lowest BCUT2D eigenvalue weighted by Crippen LogP contribution is -2.26. The van der Waals surface area contributed by atoms with Gasteiger partial charge in [0.05, 0.1) is 19.4 Å². The molecule has 0 aromatic carbocycles. The number of carbonyl (C=O) groups excluding carboxylic acids is 4. The molecule has 0 saturated carbocycles. The van der Waals surface area contributed by atoms with E-state index in [0.29, 0.717) is 37.0 Å². The first kappa shape index (κ1) is 30.1. The van der Waals surface area contributed by atoms with Crippen LogP contribution in [0.3, 0.4) is 0 Å². The zero-order valence-corrected chi connectivity index (χ0v) is 20.6. The second kappa shape index (κ2) is 16.7. The van der Waals surface area contributed by atoms with Crippen molar-refractivity contribution in [3.8, 4) is 6.01 Å². The minimum atomic E-state index is -0.389. The van der Waals surface area contributed by atoms with Gasteiger partial charge in [-0.05, 0) is 13.3 Å². The normalized spacial score (nSPS) is 11.0. The molecule has 1 aromatic heterocycles. The first-order valence-electron chi connectivity index (χ1n) is 10.2.